The number of ether oxygens (including phenoxy) is 1. The number of methoxy groups -OCH3 is 1. The van der Waals surface area contributed by atoms with Crippen LogP contribution in [0.2, 0.25) is 18.1 Å². The van der Waals surface area contributed by atoms with Crippen LogP contribution in [0.4, 0.5) is 0 Å². The van der Waals surface area contributed by atoms with Gasteiger partial charge in [-0.15, -0.1) is 0 Å². The fourth-order valence-electron chi connectivity index (χ4n) is 2.70. The minimum atomic E-state index is -1.83. The minimum Gasteiger partial charge on any atom is -0.469 e. The predicted molar refractivity (Wildman–Crippen MR) is 85.2 cm³/mol. The Hall–Kier alpha value is -0.353. The predicted octanol–water partition coefficient (Wildman–Crippen LogP) is 4.38. The first-order valence-electron chi connectivity index (χ1n) is 7.88. The van der Waals surface area contributed by atoms with Crippen molar-refractivity contribution in [2.45, 2.75) is 77.6 Å². The van der Waals surface area contributed by atoms with E-state index in [-0.39, 0.29) is 23.0 Å². The van der Waals surface area contributed by atoms with Crippen LogP contribution >= 0.6 is 0 Å². The zero-order valence-electron chi connectivity index (χ0n) is 14.3. The topological polar surface area (TPSA) is 35.5 Å². The van der Waals surface area contributed by atoms with Crippen molar-refractivity contribution in [1.29, 1.82) is 0 Å². The second kappa shape index (κ2) is 6.61. The van der Waals surface area contributed by atoms with Gasteiger partial charge in [0.15, 0.2) is 8.32 Å². The zero-order valence-corrected chi connectivity index (χ0v) is 15.3. The van der Waals surface area contributed by atoms with Crippen molar-refractivity contribution in [3.05, 3.63) is 0 Å². The highest BCUT2D eigenvalue weighted by Gasteiger charge is 2.44. The van der Waals surface area contributed by atoms with Gasteiger partial charge < -0.3 is 9.16 Å². The van der Waals surface area contributed by atoms with Gasteiger partial charge >= 0.3 is 5.97 Å². The van der Waals surface area contributed by atoms with Crippen molar-refractivity contribution in [3.63, 3.8) is 0 Å². The Morgan fingerprint density at radius 2 is 1.85 bits per heavy atom. The molecule has 0 aliphatic heterocycles. The van der Waals surface area contributed by atoms with E-state index in [1.165, 1.54) is 13.5 Å². The van der Waals surface area contributed by atoms with E-state index < -0.39 is 8.32 Å². The largest absolute Gasteiger partial charge is 0.469 e. The van der Waals surface area contributed by atoms with Gasteiger partial charge in [-0.1, -0.05) is 34.1 Å². The average molecular weight is 301 g/mol. The highest BCUT2D eigenvalue weighted by molar-refractivity contribution is 6.74. The summed E-state index contributed by atoms with van der Waals surface area (Å²) in [4.78, 5) is 12.1. The highest BCUT2D eigenvalue weighted by Crippen LogP contribution is 2.41. The summed E-state index contributed by atoms with van der Waals surface area (Å²) in [5, 5.41) is 0.176. The van der Waals surface area contributed by atoms with E-state index in [9.17, 15) is 4.79 Å². The fraction of sp³-hybridized carbons (Fsp3) is 0.938. The zero-order chi connectivity index (χ0) is 15.6. The Morgan fingerprint density at radius 3 is 2.30 bits per heavy atom. The number of hydrogen-bond acceptors (Lipinski definition) is 3. The van der Waals surface area contributed by atoms with Crippen LogP contribution in [0, 0.1) is 11.8 Å². The van der Waals surface area contributed by atoms with Gasteiger partial charge in [0.05, 0.1) is 19.1 Å². The molecule has 0 radical (unpaired) electrons. The second-order valence-corrected chi connectivity index (χ2v) is 12.4. The maximum absolute atomic E-state index is 12.1. The van der Waals surface area contributed by atoms with Gasteiger partial charge in [-0.05, 0) is 43.3 Å². The molecule has 0 heterocycles. The van der Waals surface area contributed by atoms with E-state index in [2.05, 4.69) is 40.8 Å². The number of esters is 1. The lowest BCUT2D eigenvalue weighted by molar-refractivity contribution is -0.151. The van der Waals surface area contributed by atoms with E-state index in [0.717, 1.165) is 19.3 Å². The Balaban J connectivity index is 2.83. The van der Waals surface area contributed by atoms with E-state index in [1.54, 1.807) is 0 Å². The average Bonchev–Trinajstić information content (AvgIpc) is 2.36. The number of carbonyl (C=O) groups excluding carboxylic acids is 1. The number of carbonyl (C=O) groups is 1. The summed E-state index contributed by atoms with van der Waals surface area (Å²) in [5.74, 6) is 0.470. The smallest absolute Gasteiger partial charge is 0.311 e. The van der Waals surface area contributed by atoms with Crippen molar-refractivity contribution in [2.24, 2.45) is 11.8 Å². The van der Waals surface area contributed by atoms with E-state index in [1.807, 2.05) is 0 Å². The first kappa shape index (κ1) is 17.7. The first-order valence-corrected chi connectivity index (χ1v) is 10.8. The van der Waals surface area contributed by atoms with Crippen molar-refractivity contribution < 1.29 is 14.0 Å². The normalized spacial score (nSPS) is 28.2. The number of rotatable bonds is 4. The van der Waals surface area contributed by atoms with Crippen molar-refractivity contribution >= 4 is 14.3 Å². The molecular weight excluding hydrogens is 268 g/mol. The van der Waals surface area contributed by atoms with E-state index in [4.69, 9.17) is 9.16 Å². The monoisotopic (exact) mass is 300 g/mol. The van der Waals surface area contributed by atoms with Crippen LogP contribution < -0.4 is 0 Å². The quantitative estimate of drug-likeness (QED) is 0.571. The summed E-state index contributed by atoms with van der Waals surface area (Å²) in [6.07, 6.45) is 4.27. The highest BCUT2D eigenvalue weighted by atomic mass is 28.4. The van der Waals surface area contributed by atoms with Gasteiger partial charge in [0.25, 0.3) is 0 Å². The van der Waals surface area contributed by atoms with Crippen LogP contribution in [0.5, 0.6) is 0 Å². The lowest BCUT2D eigenvalue weighted by atomic mass is 9.78. The third-order valence-electron chi connectivity index (χ3n) is 5.23. The molecule has 3 unspecified atom stereocenters. The molecule has 1 fully saturated rings. The molecule has 118 valence electrons. The minimum absolute atomic E-state index is 0.0474. The molecule has 1 aliphatic rings. The van der Waals surface area contributed by atoms with Crippen LogP contribution in [0.3, 0.4) is 0 Å². The summed E-state index contributed by atoms with van der Waals surface area (Å²) in [7, 11) is -0.345. The molecule has 3 nitrogen and oxygen atoms in total. The van der Waals surface area contributed by atoms with Gasteiger partial charge in [0.1, 0.15) is 0 Å². The molecule has 0 saturated heterocycles. The van der Waals surface area contributed by atoms with Gasteiger partial charge in [0, 0.05) is 0 Å². The van der Waals surface area contributed by atoms with Crippen LogP contribution in [0.25, 0.3) is 0 Å². The summed E-state index contributed by atoms with van der Waals surface area (Å²) < 4.78 is 11.5. The molecular formula is C16H32O3Si. The Morgan fingerprint density at radius 1 is 1.25 bits per heavy atom. The molecule has 0 aromatic rings. The molecule has 20 heavy (non-hydrogen) atoms. The SMILES string of the molecule is CCC1CCC(O[Si](C)(C)C(C)(C)C)C(C(=O)OC)C1. The summed E-state index contributed by atoms with van der Waals surface area (Å²) in [5.41, 5.74) is 0. The van der Waals surface area contributed by atoms with Crippen LogP contribution in [0.15, 0.2) is 0 Å². The standard InChI is InChI=1S/C16H32O3Si/c1-8-12-9-10-14(13(11-12)15(17)18-5)19-20(6,7)16(2,3)4/h12-14H,8-11H2,1-7H3. The molecule has 0 aromatic heterocycles. The van der Waals surface area contributed by atoms with Gasteiger partial charge in [-0.3, -0.25) is 4.79 Å². The van der Waals surface area contributed by atoms with Gasteiger partial charge in [0.2, 0.25) is 0 Å². The van der Waals surface area contributed by atoms with Crippen molar-refractivity contribution in [1.82, 2.24) is 0 Å². The summed E-state index contributed by atoms with van der Waals surface area (Å²) >= 11 is 0. The molecule has 3 atom stereocenters. The van der Waals surface area contributed by atoms with Gasteiger partial charge in [-0.2, -0.15) is 0 Å². The molecule has 0 bridgehead atoms. The lowest BCUT2D eigenvalue weighted by Gasteiger charge is -2.43. The third-order valence-corrected chi connectivity index (χ3v) is 9.73. The maximum atomic E-state index is 12.1. The van der Waals surface area contributed by atoms with Crippen LogP contribution in [0.1, 0.15) is 53.4 Å². The maximum Gasteiger partial charge on any atom is 0.311 e. The molecule has 1 rings (SSSR count). The van der Waals surface area contributed by atoms with Crippen molar-refractivity contribution in [3.8, 4) is 0 Å². The first-order chi connectivity index (χ1) is 9.12. The third kappa shape index (κ3) is 4.07. The van der Waals surface area contributed by atoms with Crippen LogP contribution in [-0.4, -0.2) is 27.5 Å². The Kier molecular flexibility index (Phi) is 5.85. The second-order valence-electron chi connectivity index (χ2n) is 7.63. The molecule has 1 aliphatic carbocycles. The molecule has 1 saturated carbocycles. The van der Waals surface area contributed by atoms with Gasteiger partial charge in [-0.25, -0.2) is 0 Å². The molecule has 0 N–H and O–H groups in total. The Labute approximate surface area is 125 Å². The lowest BCUT2D eigenvalue weighted by Crippen LogP contribution is -2.48. The summed E-state index contributed by atoms with van der Waals surface area (Å²) in [6.45, 7) is 13.4. The van der Waals surface area contributed by atoms with E-state index >= 15 is 0 Å². The number of hydrogen-bond donors (Lipinski definition) is 0. The van der Waals surface area contributed by atoms with E-state index in [0.29, 0.717) is 5.92 Å². The molecule has 4 heteroatoms. The molecule has 0 spiro atoms. The molecule has 0 amide bonds. The Bertz CT molecular complexity index is 333. The summed E-state index contributed by atoms with van der Waals surface area (Å²) in [6, 6.07) is 0. The van der Waals surface area contributed by atoms with Crippen molar-refractivity contribution in [2.75, 3.05) is 7.11 Å². The molecule has 0 aromatic carbocycles. The van der Waals surface area contributed by atoms with Crippen LogP contribution in [-0.2, 0) is 14.0 Å². The fourth-order valence-corrected chi connectivity index (χ4v) is 4.09.